The molecule has 1 N–H and O–H groups in total. The van der Waals surface area contributed by atoms with Crippen LogP contribution in [0.4, 0.5) is 17.6 Å². The van der Waals surface area contributed by atoms with Crippen LogP contribution in [0.1, 0.15) is 22.5 Å². The van der Waals surface area contributed by atoms with Crippen LogP contribution in [0.2, 0.25) is 0 Å². The fourth-order valence-electron chi connectivity index (χ4n) is 2.03. The molecule has 0 unspecified atom stereocenters. The van der Waals surface area contributed by atoms with E-state index in [0.29, 0.717) is 0 Å². The van der Waals surface area contributed by atoms with Crippen molar-refractivity contribution in [2.24, 2.45) is 12.1 Å². The van der Waals surface area contributed by atoms with E-state index in [4.69, 9.17) is 0 Å². The molecule has 0 aliphatic carbocycles. The predicted octanol–water partition coefficient (Wildman–Crippen LogP) is 1.15. The van der Waals surface area contributed by atoms with Crippen molar-refractivity contribution in [1.82, 2.24) is 14.8 Å². The van der Waals surface area contributed by atoms with Crippen LogP contribution in [0.5, 0.6) is 0 Å². The van der Waals surface area contributed by atoms with Crippen LogP contribution < -0.4 is 0 Å². The zero-order valence-corrected chi connectivity index (χ0v) is 11.1. The standard InChI is InChI=1S/C11H12F4N4O2/c1-5-6(4-18(2)16-5)9(20)19-11(21,10(14)15)3-7(17-19)8(12)13/h4,8,10,21H,3H2,1-2H3/t11-/m1/s1. The van der Waals surface area contributed by atoms with Crippen molar-refractivity contribution in [3.05, 3.63) is 17.5 Å². The summed E-state index contributed by atoms with van der Waals surface area (Å²) in [5, 5.41) is 16.9. The second kappa shape index (κ2) is 5.10. The largest absolute Gasteiger partial charge is 0.364 e. The first kappa shape index (κ1) is 15.4. The Bertz CT molecular complexity index is 601. The average molecular weight is 308 g/mol. The Morgan fingerprint density at radius 2 is 2.05 bits per heavy atom. The molecule has 6 nitrogen and oxygen atoms in total. The lowest BCUT2D eigenvalue weighted by molar-refractivity contribution is -0.164. The predicted molar refractivity (Wildman–Crippen MR) is 63.1 cm³/mol. The Morgan fingerprint density at radius 3 is 2.48 bits per heavy atom. The Balaban J connectivity index is 2.43. The second-order valence-corrected chi connectivity index (χ2v) is 4.67. The average Bonchev–Trinajstić information content (AvgIpc) is 2.90. The number of amides is 1. The summed E-state index contributed by atoms with van der Waals surface area (Å²) in [6, 6.07) is 0. The van der Waals surface area contributed by atoms with E-state index in [0.717, 1.165) is 0 Å². The zero-order valence-electron chi connectivity index (χ0n) is 11.1. The van der Waals surface area contributed by atoms with Crippen molar-refractivity contribution >= 4 is 11.6 Å². The molecular weight excluding hydrogens is 296 g/mol. The van der Waals surface area contributed by atoms with E-state index in [2.05, 4.69) is 10.2 Å². The van der Waals surface area contributed by atoms with E-state index in [1.165, 1.54) is 24.9 Å². The van der Waals surface area contributed by atoms with Gasteiger partial charge in [0.25, 0.3) is 18.8 Å². The normalized spacial score (nSPS) is 22.3. The van der Waals surface area contributed by atoms with Gasteiger partial charge >= 0.3 is 0 Å². The molecule has 2 heterocycles. The Labute approximate surface area is 116 Å². The van der Waals surface area contributed by atoms with Crippen molar-refractivity contribution in [1.29, 1.82) is 0 Å². The monoisotopic (exact) mass is 308 g/mol. The van der Waals surface area contributed by atoms with Crippen molar-refractivity contribution in [3.63, 3.8) is 0 Å². The number of hydrazone groups is 1. The summed E-state index contributed by atoms with van der Waals surface area (Å²) in [5.41, 5.74) is -3.94. The molecule has 1 aliphatic rings. The quantitative estimate of drug-likeness (QED) is 0.852. The van der Waals surface area contributed by atoms with Gasteiger partial charge in [0.1, 0.15) is 5.71 Å². The SMILES string of the molecule is Cc1nn(C)cc1C(=O)N1N=C(C(F)F)C[C@@]1(O)C(F)F. The molecule has 0 aromatic carbocycles. The van der Waals surface area contributed by atoms with Crippen molar-refractivity contribution in [2.75, 3.05) is 0 Å². The van der Waals surface area contributed by atoms with Gasteiger partial charge in [0.2, 0.25) is 5.72 Å². The summed E-state index contributed by atoms with van der Waals surface area (Å²) < 4.78 is 52.5. The first-order valence-corrected chi connectivity index (χ1v) is 5.87. The molecular formula is C11H12F4N4O2. The topological polar surface area (TPSA) is 70.7 Å². The van der Waals surface area contributed by atoms with Gasteiger partial charge < -0.3 is 5.11 Å². The van der Waals surface area contributed by atoms with E-state index in [9.17, 15) is 27.5 Å². The fourth-order valence-corrected chi connectivity index (χ4v) is 2.03. The molecule has 1 amide bonds. The molecule has 2 rings (SSSR count). The van der Waals surface area contributed by atoms with Gasteiger partial charge in [0.05, 0.1) is 11.3 Å². The van der Waals surface area contributed by atoms with Gasteiger partial charge in [-0.2, -0.15) is 15.2 Å². The van der Waals surface area contributed by atoms with E-state index in [1.54, 1.807) is 0 Å². The fraction of sp³-hybridized carbons (Fsp3) is 0.545. The summed E-state index contributed by atoms with van der Waals surface area (Å²) in [5.74, 6) is -1.11. The summed E-state index contributed by atoms with van der Waals surface area (Å²) in [6.45, 7) is 1.45. The number of aryl methyl sites for hydroxylation is 2. The molecule has 0 bridgehead atoms. The highest BCUT2D eigenvalue weighted by molar-refractivity contribution is 5.99. The van der Waals surface area contributed by atoms with Gasteiger partial charge in [0.15, 0.2) is 0 Å². The maximum Gasteiger partial charge on any atom is 0.287 e. The zero-order chi connectivity index (χ0) is 15.9. The molecule has 0 saturated heterocycles. The van der Waals surface area contributed by atoms with E-state index < -0.39 is 36.6 Å². The van der Waals surface area contributed by atoms with Gasteiger partial charge in [-0.1, -0.05) is 0 Å². The van der Waals surface area contributed by atoms with E-state index >= 15 is 0 Å². The summed E-state index contributed by atoms with van der Waals surface area (Å²) >= 11 is 0. The lowest BCUT2D eigenvalue weighted by Crippen LogP contribution is -2.51. The molecule has 1 aliphatic heterocycles. The Morgan fingerprint density at radius 1 is 1.43 bits per heavy atom. The molecule has 0 fully saturated rings. The lowest BCUT2D eigenvalue weighted by Gasteiger charge is -2.29. The first-order chi connectivity index (χ1) is 9.66. The molecule has 0 radical (unpaired) electrons. The molecule has 1 aromatic heterocycles. The minimum atomic E-state index is -3.45. The summed E-state index contributed by atoms with van der Waals surface area (Å²) in [6.07, 6.45) is -6.45. The number of nitrogens with zero attached hydrogens (tertiary/aromatic N) is 4. The maximum absolute atomic E-state index is 13.0. The number of hydrogen-bond acceptors (Lipinski definition) is 4. The number of hydrogen-bond donors (Lipinski definition) is 1. The Hall–Kier alpha value is -1.97. The maximum atomic E-state index is 13.0. The van der Waals surface area contributed by atoms with Gasteiger partial charge in [0, 0.05) is 19.7 Å². The highest BCUT2D eigenvalue weighted by Gasteiger charge is 2.53. The molecule has 1 aromatic rings. The number of aliphatic hydroxyl groups is 1. The van der Waals surface area contributed by atoms with Crippen molar-refractivity contribution < 1.29 is 27.5 Å². The lowest BCUT2D eigenvalue weighted by atomic mass is 10.1. The van der Waals surface area contributed by atoms with Crippen LogP contribution in [0, 0.1) is 6.92 Å². The third kappa shape index (κ3) is 2.50. The third-order valence-electron chi connectivity index (χ3n) is 3.07. The van der Waals surface area contributed by atoms with Gasteiger partial charge in [-0.25, -0.2) is 17.6 Å². The number of carbonyl (C=O) groups excluding carboxylic acids is 1. The summed E-state index contributed by atoms with van der Waals surface area (Å²) in [4.78, 5) is 12.2. The van der Waals surface area contributed by atoms with Crippen LogP contribution >= 0.6 is 0 Å². The summed E-state index contributed by atoms with van der Waals surface area (Å²) in [7, 11) is 1.50. The van der Waals surface area contributed by atoms with Crippen molar-refractivity contribution in [2.45, 2.75) is 31.9 Å². The van der Waals surface area contributed by atoms with Crippen LogP contribution in [0.15, 0.2) is 11.3 Å². The molecule has 0 spiro atoms. The number of halogens is 4. The smallest absolute Gasteiger partial charge is 0.287 e. The van der Waals surface area contributed by atoms with Crippen LogP contribution in [0.25, 0.3) is 0 Å². The molecule has 0 saturated carbocycles. The number of rotatable bonds is 3. The van der Waals surface area contributed by atoms with Gasteiger partial charge in [-0.15, -0.1) is 0 Å². The van der Waals surface area contributed by atoms with Gasteiger partial charge in [-0.3, -0.25) is 9.48 Å². The van der Waals surface area contributed by atoms with Gasteiger partial charge in [-0.05, 0) is 6.92 Å². The van der Waals surface area contributed by atoms with Crippen LogP contribution in [-0.2, 0) is 7.05 Å². The first-order valence-electron chi connectivity index (χ1n) is 5.87. The number of aromatic nitrogens is 2. The highest BCUT2D eigenvalue weighted by atomic mass is 19.3. The number of carbonyl (C=O) groups is 1. The molecule has 116 valence electrons. The van der Waals surface area contributed by atoms with E-state index in [-0.39, 0.29) is 16.3 Å². The molecule has 10 heteroatoms. The van der Waals surface area contributed by atoms with Crippen LogP contribution in [0.3, 0.4) is 0 Å². The van der Waals surface area contributed by atoms with Crippen LogP contribution in [-0.4, -0.2) is 50.1 Å². The Kier molecular flexibility index (Phi) is 3.74. The highest BCUT2D eigenvalue weighted by Crippen LogP contribution is 2.34. The number of alkyl halides is 4. The minimum Gasteiger partial charge on any atom is -0.364 e. The second-order valence-electron chi connectivity index (χ2n) is 4.67. The molecule has 21 heavy (non-hydrogen) atoms. The third-order valence-corrected chi connectivity index (χ3v) is 3.07. The molecule has 1 atom stereocenters. The minimum absolute atomic E-state index is 0.0170. The van der Waals surface area contributed by atoms with E-state index in [1.807, 2.05) is 0 Å². The van der Waals surface area contributed by atoms with Crippen molar-refractivity contribution in [3.8, 4) is 0 Å².